The monoisotopic (exact) mass is 1020 g/mol. The maximum absolute atomic E-state index is 12.7. The van der Waals surface area contributed by atoms with Crippen LogP contribution in [0.2, 0.25) is 0 Å². The molecule has 2 unspecified atom stereocenters. The fourth-order valence-electron chi connectivity index (χ4n) is 9.00. The van der Waals surface area contributed by atoms with Gasteiger partial charge in [0.05, 0.1) is 13.2 Å². The largest absolute Gasteiger partial charge is 0.472 e. The molecule has 3 N–H and O–H groups in total. The Balaban J connectivity index is 3.86. The van der Waals surface area contributed by atoms with Crippen molar-refractivity contribution in [2.24, 2.45) is 5.73 Å². The first-order chi connectivity index (χ1) is 34.8. The minimum absolute atomic E-state index is 0.0559. The van der Waals surface area contributed by atoms with Crippen molar-refractivity contribution in [3.63, 3.8) is 0 Å². The van der Waals surface area contributed by atoms with Crippen molar-refractivity contribution >= 4 is 19.8 Å². The second-order valence-corrected chi connectivity index (χ2v) is 22.0. The average molecular weight is 1020 g/mol. The van der Waals surface area contributed by atoms with E-state index < -0.39 is 26.5 Å². The summed E-state index contributed by atoms with van der Waals surface area (Å²) in [6.45, 7) is 3.79. The van der Waals surface area contributed by atoms with Crippen molar-refractivity contribution in [3.8, 4) is 0 Å². The molecule has 0 aliphatic carbocycles. The van der Waals surface area contributed by atoms with Crippen molar-refractivity contribution in [1.29, 1.82) is 0 Å². The molecule has 0 radical (unpaired) electrons. The van der Waals surface area contributed by atoms with E-state index in [4.69, 9.17) is 24.3 Å². The normalized spacial score (nSPS) is 13.2. The first kappa shape index (κ1) is 69.2. The van der Waals surface area contributed by atoms with Gasteiger partial charge in [0, 0.05) is 19.4 Å². The molecule has 0 aromatic heterocycles. The SMILES string of the molecule is CCCCCCC/C=C\C/C=C\C/C=C\CCCCCCCCCCCCCCCCCCCCC(=O)OC(COC(=O)CCCCCCCCCCCCCCCCCCC)COP(=O)(O)OCCN. The average Bonchev–Trinajstić information content (AvgIpc) is 3.36. The number of hydrogen-bond acceptors (Lipinski definition) is 8. The number of carbonyl (C=O) groups is 2. The zero-order chi connectivity index (χ0) is 51.7. The number of rotatable bonds is 58. The third-order valence-electron chi connectivity index (χ3n) is 13.5. The van der Waals surface area contributed by atoms with Crippen molar-refractivity contribution in [1.82, 2.24) is 0 Å². The van der Waals surface area contributed by atoms with Gasteiger partial charge >= 0.3 is 19.8 Å². The molecule has 0 aliphatic rings. The van der Waals surface area contributed by atoms with Gasteiger partial charge < -0.3 is 20.1 Å². The highest BCUT2D eigenvalue weighted by Gasteiger charge is 2.26. The van der Waals surface area contributed by atoms with Crippen LogP contribution in [0.3, 0.4) is 0 Å². The van der Waals surface area contributed by atoms with Gasteiger partial charge in [0.1, 0.15) is 6.61 Å². The van der Waals surface area contributed by atoms with Gasteiger partial charge in [-0.25, -0.2) is 4.57 Å². The molecule has 0 aromatic rings. The van der Waals surface area contributed by atoms with E-state index >= 15 is 0 Å². The van der Waals surface area contributed by atoms with Gasteiger partial charge in [-0.2, -0.15) is 0 Å². The lowest BCUT2D eigenvalue weighted by Gasteiger charge is -2.19. The summed E-state index contributed by atoms with van der Waals surface area (Å²) in [5.74, 6) is -0.810. The summed E-state index contributed by atoms with van der Waals surface area (Å²) in [5, 5.41) is 0. The maximum Gasteiger partial charge on any atom is 0.472 e. The molecule has 0 aromatic carbocycles. The Kier molecular flexibility index (Phi) is 56.1. The van der Waals surface area contributed by atoms with E-state index in [-0.39, 0.29) is 38.6 Å². The Labute approximate surface area is 439 Å². The van der Waals surface area contributed by atoms with Crippen LogP contribution >= 0.6 is 7.82 Å². The predicted molar refractivity (Wildman–Crippen MR) is 303 cm³/mol. The van der Waals surface area contributed by atoms with E-state index in [2.05, 4.69) is 50.3 Å². The third kappa shape index (κ3) is 57.4. The number of esters is 2. The molecule has 9 nitrogen and oxygen atoms in total. The number of carbonyl (C=O) groups excluding carboxylic acids is 2. The number of ether oxygens (including phenoxy) is 2. The van der Waals surface area contributed by atoms with Crippen LogP contribution in [0, 0.1) is 0 Å². The van der Waals surface area contributed by atoms with E-state index in [9.17, 15) is 19.0 Å². The number of hydrogen-bond donors (Lipinski definition) is 2. The number of nitrogens with two attached hydrogens (primary N) is 1. The van der Waals surface area contributed by atoms with Crippen LogP contribution in [-0.2, 0) is 32.7 Å². The zero-order valence-electron chi connectivity index (χ0n) is 46.7. The second-order valence-electron chi connectivity index (χ2n) is 20.6. The Bertz CT molecular complexity index is 1260. The minimum Gasteiger partial charge on any atom is -0.462 e. The number of allylic oxidation sites excluding steroid dienone is 6. The molecule has 71 heavy (non-hydrogen) atoms. The summed E-state index contributed by atoms with van der Waals surface area (Å²) >= 11 is 0. The maximum atomic E-state index is 12.7. The molecule has 0 spiro atoms. The molecule has 0 heterocycles. The van der Waals surface area contributed by atoms with E-state index in [0.29, 0.717) is 6.42 Å². The molecule has 0 saturated heterocycles. The first-order valence-electron chi connectivity index (χ1n) is 30.5. The van der Waals surface area contributed by atoms with Crippen LogP contribution in [0.4, 0.5) is 0 Å². The molecule has 0 fully saturated rings. The lowest BCUT2D eigenvalue weighted by molar-refractivity contribution is -0.161. The summed E-state index contributed by atoms with van der Waals surface area (Å²) in [6.07, 6.45) is 69.3. The molecule has 0 rings (SSSR count). The van der Waals surface area contributed by atoms with Gasteiger partial charge in [0.2, 0.25) is 0 Å². The van der Waals surface area contributed by atoms with E-state index in [1.54, 1.807) is 0 Å². The smallest absolute Gasteiger partial charge is 0.462 e. The van der Waals surface area contributed by atoms with Gasteiger partial charge in [0.15, 0.2) is 6.10 Å². The van der Waals surface area contributed by atoms with Crippen molar-refractivity contribution in [2.75, 3.05) is 26.4 Å². The quantitative estimate of drug-likeness (QED) is 0.0264. The lowest BCUT2D eigenvalue weighted by Crippen LogP contribution is -2.29. The summed E-state index contributed by atoms with van der Waals surface area (Å²) in [6, 6.07) is 0. The van der Waals surface area contributed by atoms with Gasteiger partial charge in [-0.3, -0.25) is 18.6 Å². The van der Waals surface area contributed by atoms with Crippen LogP contribution in [0.5, 0.6) is 0 Å². The number of unbranched alkanes of at least 4 members (excludes halogenated alkanes) is 39. The van der Waals surface area contributed by atoms with Crippen LogP contribution in [0.25, 0.3) is 0 Å². The van der Waals surface area contributed by atoms with Crippen molar-refractivity contribution in [3.05, 3.63) is 36.5 Å². The Morgan fingerprint density at radius 2 is 0.732 bits per heavy atom. The lowest BCUT2D eigenvalue weighted by atomic mass is 10.0. The summed E-state index contributed by atoms with van der Waals surface area (Å²) in [7, 11) is -4.38. The highest BCUT2D eigenvalue weighted by atomic mass is 31.2. The zero-order valence-corrected chi connectivity index (χ0v) is 47.6. The molecule has 0 saturated carbocycles. The molecular weight excluding hydrogens is 906 g/mol. The molecule has 0 bridgehead atoms. The number of phosphoric ester groups is 1. The summed E-state index contributed by atoms with van der Waals surface area (Å²) in [4.78, 5) is 35.2. The van der Waals surface area contributed by atoms with Crippen molar-refractivity contribution < 1.29 is 37.6 Å². The Hall–Kier alpha value is -1.77. The fourth-order valence-corrected chi connectivity index (χ4v) is 9.76. The highest BCUT2D eigenvalue weighted by Crippen LogP contribution is 2.43. The minimum atomic E-state index is -4.38. The van der Waals surface area contributed by atoms with E-state index in [0.717, 1.165) is 44.9 Å². The van der Waals surface area contributed by atoms with E-state index in [1.807, 2.05) is 0 Å². The number of phosphoric acid groups is 1. The molecule has 418 valence electrons. The second kappa shape index (κ2) is 57.5. The topological polar surface area (TPSA) is 134 Å². The van der Waals surface area contributed by atoms with Crippen LogP contribution in [0.15, 0.2) is 36.5 Å². The molecule has 10 heteroatoms. The molecular formula is C61H116NO8P. The Morgan fingerprint density at radius 1 is 0.423 bits per heavy atom. The van der Waals surface area contributed by atoms with Crippen LogP contribution in [-0.4, -0.2) is 49.3 Å². The summed E-state index contributed by atoms with van der Waals surface area (Å²) < 4.78 is 33.1. The van der Waals surface area contributed by atoms with Crippen LogP contribution < -0.4 is 5.73 Å². The van der Waals surface area contributed by atoms with E-state index in [1.165, 1.54) is 231 Å². The van der Waals surface area contributed by atoms with Gasteiger partial charge in [-0.15, -0.1) is 0 Å². The third-order valence-corrected chi connectivity index (χ3v) is 14.5. The predicted octanol–water partition coefficient (Wildman–Crippen LogP) is 19.2. The molecule has 0 amide bonds. The van der Waals surface area contributed by atoms with Gasteiger partial charge in [-0.05, 0) is 51.4 Å². The molecule has 0 aliphatic heterocycles. The van der Waals surface area contributed by atoms with Crippen molar-refractivity contribution in [2.45, 2.75) is 315 Å². The fraction of sp³-hybridized carbons (Fsp3) is 0.869. The highest BCUT2D eigenvalue weighted by molar-refractivity contribution is 7.47. The van der Waals surface area contributed by atoms with Crippen LogP contribution in [0.1, 0.15) is 309 Å². The van der Waals surface area contributed by atoms with Gasteiger partial charge in [0.25, 0.3) is 0 Å². The summed E-state index contributed by atoms with van der Waals surface area (Å²) in [5.41, 5.74) is 5.38. The van der Waals surface area contributed by atoms with Gasteiger partial charge in [-0.1, -0.05) is 281 Å². The standard InChI is InChI=1S/C61H116NO8P/c1-3-5-7-9-11-13-15-17-19-21-22-23-24-25-26-27-28-29-30-31-32-33-34-35-36-38-40-42-44-46-48-50-52-54-61(64)70-59(58-69-71(65,66)68-56-55-62)57-67-60(63)53-51-49-47-45-43-41-39-37-20-18-16-14-12-10-8-6-4-2/h15,17,21-22,24-25,59H,3-14,16,18-20,23,26-58,62H2,1-2H3,(H,65,66)/b17-15-,22-21-,25-24-. The Morgan fingerprint density at radius 3 is 1.08 bits per heavy atom. The first-order valence-corrected chi connectivity index (χ1v) is 32.0. The molecule has 2 atom stereocenters.